The Bertz CT molecular complexity index is 369. The van der Waals surface area contributed by atoms with Gasteiger partial charge in [0, 0.05) is 26.0 Å². The SMILES string of the molecule is CCn1ccnc1C(NC)C1(OC)CCCCC1. The highest BCUT2D eigenvalue weighted by Gasteiger charge is 2.42. The minimum Gasteiger partial charge on any atom is -0.376 e. The first-order chi connectivity index (χ1) is 8.77. The summed E-state index contributed by atoms with van der Waals surface area (Å²) < 4.78 is 8.14. The van der Waals surface area contributed by atoms with Gasteiger partial charge in [0.25, 0.3) is 0 Å². The third-order valence-electron chi connectivity index (χ3n) is 4.27. The third-order valence-corrected chi connectivity index (χ3v) is 4.27. The zero-order valence-corrected chi connectivity index (χ0v) is 11.8. The van der Waals surface area contributed by atoms with Gasteiger partial charge in [-0.2, -0.15) is 0 Å². The Labute approximate surface area is 110 Å². The summed E-state index contributed by atoms with van der Waals surface area (Å²) in [7, 11) is 3.85. The Kier molecular flexibility index (Phi) is 4.40. The number of nitrogens with one attached hydrogen (secondary N) is 1. The summed E-state index contributed by atoms with van der Waals surface area (Å²) in [6.45, 7) is 3.10. The van der Waals surface area contributed by atoms with Crippen LogP contribution in [0.5, 0.6) is 0 Å². The first-order valence-corrected chi connectivity index (χ1v) is 7.01. The fourth-order valence-corrected chi connectivity index (χ4v) is 3.24. The third kappa shape index (κ3) is 2.31. The van der Waals surface area contributed by atoms with E-state index in [0.29, 0.717) is 0 Å². The minimum absolute atomic E-state index is 0.0920. The first-order valence-electron chi connectivity index (χ1n) is 7.01. The van der Waals surface area contributed by atoms with Gasteiger partial charge >= 0.3 is 0 Å². The Balaban J connectivity index is 2.31. The molecule has 0 spiro atoms. The molecule has 0 amide bonds. The maximum absolute atomic E-state index is 5.94. The lowest BCUT2D eigenvalue weighted by molar-refractivity contribution is -0.0697. The number of ether oxygens (including phenoxy) is 1. The summed E-state index contributed by atoms with van der Waals surface area (Å²) in [6.07, 6.45) is 9.99. The Morgan fingerprint density at radius 1 is 1.44 bits per heavy atom. The van der Waals surface area contributed by atoms with Crippen molar-refractivity contribution in [1.29, 1.82) is 0 Å². The summed E-state index contributed by atoms with van der Waals surface area (Å²) >= 11 is 0. The van der Waals surface area contributed by atoms with Crippen LogP contribution in [0.4, 0.5) is 0 Å². The van der Waals surface area contributed by atoms with Crippen LogP contribution in [0.15, 0.2) is 12.4 Å². The topological polar surface area (TPSA) is 39.1 Å². The molecule has 1 aliphatic rings. The molecule has 4 heteroatoms. The highest BCUT2D eigenvalue weighted by Crippen LogP contribution is 2.40. The molecule has 1 N–H and O–H groups in total. The molecule has 18 heavy (non-hydrogen) atoms. The molecule has 0 saturated heterocycles. The van der Waals surface area contributed by atoms with Gasteiger partial charge in [0.15, 0.2) is 0 Å². The molecule has 1 fully saturated rings. The van der Waals surface area contributed by atoms with Crippen molar-refractivity contribution in [1.82, 2.24) is 14.9 Å². The second-order valence-electron chi connectivity index (χ2n) is 5.12. The van der Waals surface area contributed by atoms with Crippen LogP contribution in [0.2, 0.25) is 0 Å². The molecule has 1 atom stereocenters. The Hall–Kier alpha value is -0.870. The molecule has 4 nitrogen and oxygen atoms in total. The lowest BCUT2D eigenvalue weighted by Crippen LogP contribution is -2.47. The molecule has 0 radical (unpaired) electrons. The number of hydrogen-bond acceptors (Lipinski definition) is 3. The summed E-state index contributed by atoms with van der Waals surface area (Å²) in [4.78, 5) is 4.55. The number of aryl methyl sites for hydroxylation is 1. The number of nitrogens with zero attached hydrogens (tertiary/aromatic N) is 2. The van der Waals surface area contributed by atoms with Gasteiger partial charge in [0.1, 0.15) is 5.82 Å². The van der Waals surface area contributed by atoms with E-state index in [1.165, 1.54) is 19.3 Å². The molecule has 0 bridgehead atoms. The average Bonchev–Trinajstić information content (AvgIpc) is 2.89. The number of likely N-dealkylation sites (N-methyl/N-ethyl adjacent to an activating group) is 1. The van der Waals surface area contributed by atoms with Gasteiger partial charge in [0.2, 0.25) is 0 Å². The zero-order valence-electron chi connectivity index (χ0n) is 11.8. The van der Waals surface area contributed by atoms with Crippen LogP contribution in [-0.4, -0.2) is 29.3 Å². The second kappa shape index (κ2) is 5.85. The van der Waals surface area contributed by atoms with Crippen molar-refractivity contribution in [3.8, 4) is 0 Å². The average molecular weight is 251 g/mol. The van der Waals surface area contributed by atoms with Crippen molar-refractivity contribution < 1.29 is 4.74 Å². The van der Waals surface area contributed by atoms with Crippen LogP contribution in [0.3, 0.4) is 0 Å². The highest BCUT2D eigenvalue weighted by atomic mass is 16.5. The van der Waals surface area contributed by atoms with E-state index < -0.39 is 0 Å². The van der Waals surface area contributed by atoms with Gasteiger partial charge in [-0.05, 0) is 26.8 Å². The Morgan fingerprint density at radius 3 is 2.72 bits per heavy atom. The summed E-state index contributed by atoms with van der Waals surface area (Å²) in [5.74, 6) is 1.10. The fourth-order valence-electron chi connectivity index (χ4n) is 3.24. The second-order valence-corrected chi connectivity index (χ2v) is 5.12. The van der Waals surface area contributed by atoms with E-state index in [9.17, 15) is 0 Å². The van der Waals surface area contributed by atoms with Gasteiger partial charge in [-0.3, -0.25) is 0 Å². The van der Waals surface area contributed by atoms with Crippen molar-refractivity contribution >= 4 is 0 Å². The van der Waals surface area contributed by atoms with Crippen LogP contribution < -0.4 is 5.32 Å². The van der Waals surface area contributed by atoms with Gasteiger partial charge in [-0.25, -0.2) is 4.98 Å². The molecule has 1 aliphatic carbocycles. The lowest BCUT2D eigenvalue weighted by Gasteiger charge is -2.42. The van der Waals surface area contributed by atoms with Crippen LogP contribution in [-0.2, 0) is 11.3 Å². The number of methoxy groups -OCH3 is 1. The van der Waals surface area contributed by atoms with E-state index in [2.05, 4.69) is 21.8 Å². The molecule has 1 unspecified atom stereocenters. The molecule has 1 heterocycles. The maximum atomic E-state index is 5.94. The normalized spacial score (nSPS) is 20.8. The fraction of sp³-hybridized carbons (Fsp3) is 0.786. The van der Waals surface area contributed by atoms with Crippen molar-refractivity contribution in [2.24, 2.45) is 0 Å². The van der Waals surface area contributed by atoms with Crippen LogP contribution in [0, 0.1) is 0 Å². The van der Waals surface area contributed by atoms with E-state index in [1.807, 2.05) is 26.6 Å². The Morgan fingerprint density at radius 2 is 2.17 bits per heavy atom. The van der Waals surface area contributed by atoms with E-state index in [1.54, 1.807) is 0 Å². The van der Waals surface area contributed by atoms with E-state index in [-0.39, 0.29) is 11.6 Å². The van der Waals surface area contributed by atoms with E-state index in [4.69, 9.17) is 4.74 Å². The smallest absolute Gasteiger partial charge is 0.128 e. The van der Waals surface area contributed by atoms with E-state index >= 15 is 0 Å². The van der Waals surface area contributed by atoms with Crippen LogP contribution >= 0.6 is 0 Å². The van der Waals surface area contributed by atoms with Gasteiger partial charge in [-0.1, -0.05) is 19.3 Å². The number of hydrogen-bond donors (Lipinski definition) is 1. The molecule has 102 valence electrons. The van der Waals surface area contributed by atoms with Gasteiger partial charge in [0.05, 0.1) is 11.6 Å². The zero-order chi connectivity index (χ0) is 13.0. The van der Waals surface area contributed by atoms with Crippen LogP contribution in [0.25, 0.3) is 0 Å². The molecule has 0 aromatic carbocycles. The first kappa shape index (κ1) is 13.6. The van der Waals surface area contributed by atoms with Crippen molar-refractivity contribution in [2.75, 3.05) is 14.2 Å². The van der Waals surface area contributed by atoms with Crippen molar-refractivity contribution in [3.05, 3.63) is 18.2 Å². The molecule has 0 aliphatic heterocycles. The van der Waals surface area contributed by atoms with Crippen molar-refractivity contribution in [2.45, 2.75) is 57.2 Å². The molecule has 1 aromatic heterocycles. The van der Waals surface area contributed by atoms with Gasteiger partial charge in [-0.15, -0.1) is 0 Å². The summed E-state index contributed by atoms with van der Waals surface area (Å²) in [6, 6.07) is 0.178. The highest BCUT2D eigenvalue weighted by molar-refractivity contribution is 5.09. The largest absolute Gasteiger partial charge is 0.376 e. The molecule has 2 rings (SSSR count). The minimum atomic E-state index is -0.0920. The predicted octanol–water partition coefficient (Wildman–Crippen LogP) is 2.51. The molecule has 1 saturated carbocycles. The quantitative estimate of drug-likeness (QED) is 0.874. The summed E-state index contributed by atoms with van der Waals surface area (Å²) in [5, 5.41) is 3.43. The van der Waals surface area contributed by atoms with Gasteiger partial charge < -0.3 is 14.6 Å². The standard InChI is InChI=1S/C14H25N3O/c1-4-17-11-10-16-13(17)12(15-2)14(18-3)8-6-5-7-9-14/h10-12,15H,4-9H2,1-3H3. The number of rotatable bonds is 5. The summed E-state index contributed by atoms with van der Waals surface area (Å²) in [5.41, 5.74) is -0.0920. The maximum Gasteiger partial charge on any atom is 0.128 e. The number of aromatic nitrogens is 2. The van der Waals surface area contributed by atoms with Crippen molar-refractivity contribution in [3.63, 3.8) is 0 Å². The molecular weight excluding hydrogens is 226 g/mol. The molecule has 1 aromatic rings. The predicted molar refractivity (Wildman–Crippen MR) is 72.5 cm³/mol. The monoisotopic (exact) mass is 251 g/mol. The lowest BCUT2D eigenvalue weighted by atomic mass is 9.78. The number of imidazole rings is 1. The van der Waals surface area contributed by atoms with E-state index in [0.717, 1.165) is 25.2 Å². The van der Waals surface area contributed by atoms with Crippen LogP contribution in [0.1, 0.15) is 50.9 Å². The molecular formula is C14H25N3O.